The molecular weight excluding hydrogens is 255 g/mol. The Balaban J connectivity index is 1.94. The maximum Gasteiger partial charge on any atom is 0.141 e. The van der Waals surface area contributed by atoms with Crippen LogP contribution < -0.4 is 10.1 Å². The van der Waals surface area contributed by atoms with E-state index in [1.807, 2.05) is 24.3 Å². The van der Waals surface area contributed by atoms with Crippen molar-refractivity contribution in [2.75, 3.05) is 0 Å². The molecule has 4 heteroatoms. The van der Waals surface area contributed by atoms with Gasteiger partial charge in [0, 0.05) is 24.3 Å². The average Bonchev–Trinajstić information content (AvgIpc) is 2.43. The second-order valence-corrected chi connectivity index (χ2v) is 4.98. The molecule has 2 rings (SSSR count). The first kappa shape index (κ1) is 14.5. The van der Waals surface area contributed by atoms with Crippen molar-refractivity contribution in [2.45, 2.75) is 33.0 Å². The molecule has 0 aliphatic heterocycles. The Morgan fingerprint density at radius 1 is 1.20 bits per heavy atom. The number of ether oxygens (including phenoxy) is 1. The van der Waals surface area contributed by atoms with Gasteiger partial charge in [-0.05, 0) is 23.8 Å². The Labute approximate surface area is 118 Å². The van der Waals surface area contributed by atoms with Crippen LogP contribution in [0.25, 0.3) is 0 Å². The molecule has 3 nitrogen and oxygen atoms in total. The van der Waals surface area contributed by atoms with Gasteiger partial charge in [-0.1, -0.05) is 26.0 Å². The van der Waals surface area contributed by atoms with E-state index >= 15 is 0 Å². The summed E-state index contributed by atoms with van der Waals surface area (Å²) in [6.07, 6.45) is 2.79. The van der Waals surface area contributed by atoms with Crippen molar-refractivity contribution in [1.29, 1.82) is 0 Å². The minimum Gasteiger partial charge on any atom is -0.489 e. The zero-order valence-electron chi connectivity index (χ0n) is 11.8. The molecule has 106 valence electrons. The molecule has 1 N–H and O–H groups in total. The summed E-state index contributed by atoms with van der Waals surface area (Å²) in [5.41, 5.74) is 1.88. The third-order valence-corrected chi connectivity index (χ3v) is 2.78. The predicted molar refractivity (Wildman–Crippen MR) is 76.9 cm³/mol. The van der Waals surface area contributed by atoms with Crippen LogP contribution in [0.5, 0.6) is 5.75 Å². The molecule has 1 aromatic carbocycles. The number of nitrogens with one attached hydrogen (secondary N) is 1. The molecule has 0 atom stereocenters. The van der Waals surface area contributed by atoms with E-state index in [0.717, 1.165) is 23.4 Å². The second-order valence-electron chi connectivity index (χ2n) is 4.98. The number of halogens is 1. The number of rotatable bonds is 6. The molecule has 0 fully saturated rings. The quantitative estimate of drug-likeness (QED) is 0.877. The highest BCUT2D eigenvalue weighted by atomic mass is 19.1. The van der Waals surface area contributed by atoms with Crippen LogP contribution in [0.1, 0.15) is 25.0 Å². The summed E-state index contributed by atoms with van der Waals surface area (Å²) in [5.74, 6) is 0.429. The van der Waals surface area contributed by atoms with Crippen LogP contribution in [0.2, 0.25) is 0 Å². The summed E-state index contributed by atoms with van der Waals surface area (Å²) in [5, 5.41) is 3.36. The van der Waals surface area contributed by atoms with Gasteiger partial charge < -0.3 is 10.1 Å². The van der Waals surface area contributed by atoms with Crippen molar-refractivity contribution in [2.24, 2.45) is 0 Å². The summed E-state index contributed by atoms with van der Waals surface area (Å²) < 4.78 is 18.7. The normalized spacial score (nSPS) is 10.8. The number of aromatic nitrogens is 1. The SMILES string of the molecule is CC(C)NCc1cccc(OCc2cncc(F)c2)c1. The molecule has 0 amide bonds. The molecule has 0 bridgehead atoms. The Morgan fingerprint density at radius 2 is 2.05 bits per heavy atom. The Bertz CT molecular complexity index is 558. The number of pyridine rings is 1. The monoisotopic (exact) mass is 274 g/mol. The molecule has 0 radical (unpaired) electrons. The van der Waals surface area contributed by atoms with E-state index in [-0.39, 0.29) is 5.82 Å². The zero-order valence-corrected chi connectivity index (χ0v) is 11.8. The molecule has 0 aliphatic carbocycles. The fourth-order valence-corrected chi connectivity index (χ4v) is 1.77. The predicted octanol–water partition coefficient (Wildman–Crippen LogP) is 3.30. The van der Waals surface area contributed by atoms with Gasteiger partial charge in [0.05, 0.1) is 6.20 Å². The molecular formula is C16H19FN2O. The molecule has 2 aromatic rings. The fourth-order valence-electron chi connectivity index (χ4n) is 1.77. The average molecular weight is 274 g/mol. The maximum absolute atomic E-state index is 13.0. The van der Waals surface area contributed by atoms with Crippen LogP contribution in [0, 0.1) is 5.82 Å². The molecule has 0 aliphatic rings. The molecule has 0 saturated carbocycles. The van der Waals surface area contributed by atoms with Crippen LogP contribution in [-0.2, 0) is 13.2 Å². The van der Waals surface area contributed by atoms with Crippen molar-refractivity contribution in [3.05, 3.63) is 59.7 Å². The first-order valence-corrected chi connectivity index (χ1v) is 6.68. The highest BCUT2D eigenvalue weighted by molar-refractivity contribution is 5.28. The molecule has 1 heterocycles. The van der Waals surface area contributed by atoms with E-state index in [2.05, 4.69) is 24.1 Å². The van der Waals surface area contributed by atoms with Gasteiger partial charge in [0.2, 0.25) is 0 Å². The summed E-state index contributed by atoms with van der Waals surface area (Å²) in [6, 6.07) is 9.76. The highest BCUT2D eigenvalue weighted by Crippen LogP contribution is 2.15. The largest absolute Gasteiger partial charge is 0.489 e. The standard InChI is InChI=1S/C16H19FN2O/c1-12(2)19-9-13-4-3-5-16(7-13)20-11-14-6-15(17)10-18-8-14/h3-8,10,12,19H,9,11H2,1-2H3. The van der Waals surface area contributed by atoms with E-state index in [0.29, 0.717) is 12.6 Å². The number of benzene rings is 1. The van der Waals surface area contributed by atoms with Gasteiger partial charge in [0.15, 0.2) is 0 Å². The topological polar surface area (TPSA) is 34.1 Å². The summed E-state index contributed by atoms with van der Waals surface area (Å²) in [7, 11) is 0. The van der Waals surface area contributed by atoms with Crippen LogP contribution >= 0.6 is 0 Å². The van der Waals surface area contributed by atoms with Gasteiger partial charge in [-0.25, -0.2) is 4.39 Å². The van der Waals surface area contributed by atoms with Crippen molar-refractivity contribution < 1.29 is 9.13 Å². The van der Waals surface area contributed by atoms with Gasteiger partial charge in [0.25, 0.3) is 0 Å². The van der Waals surface area contributed by atoms with Crippen molar-refractivity contribution in [1.82, 2.24) is 10.3 Å². The lowest BCUT2D eigenvalue weighted by Gasteiger charge is -2.10. The van der Waals surface area contributed by atoms with E-state index in [1.165, 1.54) is 12.3 Å². The first-order chi connectivity index (χ1) is 9.63. The van der Waals surface area contributed by atoms with Gasteiger partial charge in [0.1, 0.15) is 18.2 Å². The molecule has 1 aromatic heterocycles. The minimum atomic E-state index is -0.346. The molecule has 20 heavy (non-hydrogen) atoms. The molecule has 0 spiro atoms. The lowest BCUT2D eigenvalue weighted by atomic mass is 10.2. The van der Waals surface area contributed by atoms with Crippen LogP contribution in [0.3, 0.4) is 0 Å². The number of hydrogen-bond acceptors (Lipinski definition) is 3. The highest BCUT2D eigenvalue weighted by Gasteiger charge is 2.01. The zero-order chi connectivity index (χ0) is 14.4. The van der Waals surface area contributed by atoms with E-state index in [9.17, 15) is 4.39 Å². The van der Waals surface area contributed by atoms with Crippen LogP contribution in [0.4, 0.5) is 4.39 Å². The second kappa shape index (κ2) is 7.01. The van der Waals surface area contributed by atoms with Gasteiger partial charge in [-0.3, -0.25) is 4.98 Å². The Morgan fingerprint density at radius 3 is 2.80 bits per heavy atom. The van der Waals surface area contributed by atoms with Crippen molar-refractivity contribution in [3.63, 3.8) is 0 Å². The van der Waals surface area contributed by atoms with Crippen molar-refractivity contribution >= 4 is 0 Å². The van der Waals surface area contributed by atoms with Crippen LogP contribution in [-0.4, -0.2) is 11.0 Å². The fraction of sp³-hybridized carbons (Fsp3) is 0.312. The molecule has 0 saturated heterocycles. The van der Waals surface area contributed by atoms with E-state index in [1.54, 1.807) is 6.20 Å². The third-order valence-electron chi connectivity index (χ3n) is 2.78. The van der Waals surface area contributed by atoms with Crippen LogP contribution in [0.15, 0.2) is 42.7 Å². The first-order valence-electron chi connectivity index (χ1n) is 6.68. The summed E-state index contributed by atoms with van der Waals surface area (Å²) in [6.45, 7) is 5.33. The lowest BCUT2D eigenvalue weighted by molar-refractivity contribution is 0.304. The van der Waals surface area contributed by atoms with Crippen molar-refractivity contribution in [3.8, 4) is 5.75 Å². The summed E-state index contributed by atoms with van der Waals surface area (Å²) >= 11 is 0. The Kier molecular flexibility index (Phi) is 5.07. The number of nitrogens with zero attached hydrogens (tertiary/aromatic N) is 1. The van der Waals surface area contributed by atoms with E-state index < -0.39 is 0 Å². The van der Waals surface area contributed by atoms with Gasteiger partial charge in [-0.2, -0.15) is 0 Å². The smallest absolute Gasteiger partial charge is 0.141 e. The number of hydrogen-bond donors (Lipinski definition) is 1. The Hall–Kier alpha value is -1.94. The summed E-state index contributed by atoms with van der Waals surface area (Å²) in [4.78, 5) is 3.80. The lowest BCUT2D eigenvalue weighted by Crippen LogP contribution is -2.21. The minimum absolute atomic E-state index is 0.311. The third kappa shape index (κ3) is 4.63. The van der Waals surface area contributed by atoms with Gasteiger partial charge >= 0.3 is 0 Å². The van der Waals surface area contributed by atoms with E-state index in [4.69, 9.17) is 4.74 Å². The molecule has 0 unspecified atom stereocenters. The maximum atomic E-state index is 13.0. The van der Waals surface area contributed by atoms with Gasteiger partial charge in [-0.15, -0.1) is 0 Å².